The number of rotatable bonds is 4. The van der Waals surface area contributed by atoms with Crippen molar-refractivity contribution in [2.24, 2.45) is 11.3 Å². The Bertz CT molecular complexity index is 364. The lowest BCUT2D eigenvalue weighted by molar-refractivity contribution is -0.152. The molecule has 0 saturated carbocycles. The molecule has 0 aromatic heterocycles. The Hall–Kier alpha value is -1.10. The molecular weight excluding hydrogens is 244 g/mol. The summed E-state index contributed by atoms with van der Waals surface area (Å²) in [4.78, 5) is 23.6. The van der Waals surface area contributed by atoms with Gasteiger partial charge in [-0.2, -0.15) is 0 Å². The van der Waals surface area contributed by atoms with Crippen LogP contribution in [0.5, 0.6) is 0 Å². The fraction of sp³-hybridized carbons (Fsp3) is 0.857. The highest BCUT2D eigenvalue weighted by Gasteiger charge is 2.45. The number of piperidine rings is 1. The highest BCUT2D eigenvalue weighted by atomic mass is 16.4. The zero-order valence-corrected chi connectivity index (χ0v) is 12.5. The molecule has 5 heteroatoms. The van der Waals surface area contributed by atoms with Crippen LogP contribution in [0.15, 0.2) is 0 Å². The van der Waals surface area contributed by atoms with Crippen LogP contribution in [0.1, 0.15) is 47.5 Å². The Labute approximate surface area is 115 Å². The molecule has 5 nitrogen and oxygen atoms in total. The number of carboxylic acid groups (broad SMARTS) is 1. The molecule has 1 rings (SSSR count). The van der Waals surface area contributed by atoms with Gasteiger partial charge in [0.2, 0.25) is 5.91 Å². The first kappa shape index (κ1) is 16.0. The van der Waals surface area contributed by atoms with E-state index in [1.807, 2.05) is 0 Å². The number of carbonyl (C=O) groups is 2. The summed E-state index contributed by atoms with van der Waals surface area (Å²) in [6.07, 6.45) is 1.61. The minimum atomic E-state index is -1.01. The predicted octanol–water partition coefficient (Wildman–Crippen LogP) is 1.38. The maximum atomic E-state index is 12.3. The third kappa shape index (κ3) is 3.47. The van der Waals surface area contributed by atoms with Crippen molar-refractivity contribution in [3.63, 3.8) is 0 Å². The maximum absolute atomic E-state index is 12.3. The van der Waals surface area contributed by atoms with E-state index >= 15 is 0 Å². The molecular formula is C14H26N2O3. The molecule has 0 bridgehead atoms. The van der Waals surface area contributed by atoms with E-state index in [-0.39, 0.29) is 11.8 Å². The lowest BCUT2D eigenvalue weighted by atomic mass is 9.74. The molecule has 1 fully saturated rings. The highest BCUT2D eigenvalue weighted by molar-refractivity contribution is 5.82. The summed E-state index contributed by atoms with van der Waals surface area (Å²) in [6.45, 7) is 9.71. The van der Waals surface area contributed by atoms with Crippen LogP contribution in [0.4, 0.5) is 0 Å². The number of hydrogen-bond donors (Lipinski definition) is 3. The summed E-state index contributed by atoms with van der Waals surface area (Å²) < 4.78 is 0. The fourth-order valence-electron chi connectivity index (χ4n) is 2.20. The van der Waals surface area contributed by atoms with Gasteiger partial charge in [0.05, 0.1) is 5.41 Å². The minimum absolute atomic E-state index is 0.0277. The summed E-state index contributed by atoms with van der Waals surface area (Å²) in [5, 5.41) is 15.5. The molecule has 0 aromatic carbocycles. The molecule has 3 N–H and O–H groups in total. The topological polar surface area (TPSA) is 78.4 Å². The molecule has 2 atom stereocenters. The number of hydrogen-bond acceptors (Lipinski definition) is 3. The van der Waals surface area contributed by atoms with Gasteiger partial charge >= 0.3 is 5.97 Å². The van der Waals surface area contributed by atoms with Gasteiger partial charge in [-0.3, -0.25) is 9.59 Å². The average Bonchev–Trinajstić information content (AvgIpc) is 2.27. The van der Waals surface area contributed by atoms with Gasteiger partial charge < -0.3 is 15.7 Å². The summed E-state index contributed by atoms with van der Waals surface area (Å²) in [6, 6.07) is 0.333. The van der Waals surface area contributed by atoms with Crippen molar-refractivity contribution >= 4 is 11.9 Å². The molecule has 2 unspecified atom stereocenters. The number of aliphatic carboxylic acids is 1. The summed E-state index contributed by atoms with van der Waals surface area (Å²) >= 11 is 0. The smallest absolute Gasteiger partial charge is 0.311 e. The lowest BCUT2D eigenvalue weighted by Gasteiger charge is -2.40. The minimum Gasteiger partial charge on any atom is -0.481 e. The third-order valence-electron chi connectivity index (χ3n) is 4.53. The maximum Gasteiger partial charge on any atom is 0.311 e. The van der Waals surface area contributed by atoms with Crippen molar-refractivity contribution in [2.45, 2.75) is 59.0 Å². The normalized spacial score (nSPS) is 24.9. The molecule has 1 heterocycles. The first-order valence-electron chi connectivity index (χ1n) is 6.86. The second kappa shape index (κ2) is 5.49. The van der Waals surface area contributed by atoms with Crippen LogP contribution in [-0.2, 0) is 9.59 Å². The average molecular weight is 270 g/mol. The van der Waals surface area contributed by atoms with Crippen LogP contribution in [0.3, 0.4) is 0 Å². The number of carboxylic acids is 1. The van der Waals surface area contributed by atoms with E-state index in [4.69, 9.17) is 0 Å². The van der Waals surface area contributed by atoms with Crippen LogP contribution < -0.4 is 10.6 Å². The molecule has 110 valence electrons. The summed E-state index contributed by atoms with van der Waals surface area (Å²) in [5.41, 5.74) is -1.80. The highest BCUT2D eigenvalue weighted by Crippen LogP contribution is 2.31. The Morgan fingerprint density at radius 3 is 2.32 bits per heavy atom. The van der Waals surface area contributed by atoms with Crippen LogP contribution in [0.25, 0.3) is 0 Å². The molecule has 0 aromatic rings. The molecule has 19 heavy (non-hydrogen) atoms. The first-order valence-corrected chi connectivity index (χ1v) is 6.86. The van der Waals surface area contributed by atoms with Crippen molar-refractivity contribution in [3.8, 4) is 0 Å². The molecule has 1 aliphatic heterocycles. The Balaban J connectivity index is 2.72. The fourth-order valence-corrected chi connectivity index (χ4v) is 2.20. The third-order valence-corrected chi connectivity index (χ3v) is 4.53. The largest absolute Gasteiger partial charge is 0.481 e. The van der Waals surface area contributed by atoms with Crippen molar-refractivity contribution in [3.05, 3.63) is 0 Å². The second-order valence-corrected chi connectivity index (χ2v) is 6.62. The van der Waals surface area contributed by atoms with Gasteiger partial charge in [-0.15, -0.1) is 0 Å². The Kier molecular flexibility index (Phi) is 4.61. The summed E-state index contributed by atoms with van der Waals surface area (Å²) in [7, 11) is 0. The Morgan fingerprint density at radius 1 is 1.26 bits per heavy atom. The zero-order valence-electron chi connectivity index (χ0n) is 12.5. The summed E-state index contributed by atoms with van der Waals surface area (Å²) in [5.74, 6) is -0.968. The Morgan fingerprint density at radius 2 is 1.84 bits per heavy atom. The van der Waals surface area contributed by atoms with Crippen molar-refractivity contribution in [1.82, 2.24) is 10.6 Å². The molecule has 0 aliphatic carbocycles. The van der Waals surface area contributed by atoms with Crippen molar-refractivity contribution in [2.75, 3.05) is 6.54 Å². The van der Waals surface area contributed by atoms with Crippen LogP contribution >= 0.6 is 0 Å². The standard InChI is InChI=1S/C14H26N2O3/c1-9-8-10(6-7-15-9)11(17)16-14(4,5)13(2,3)12(18)19/h9-10,15H,6-8H2,1-5H3,(H,16,17)(H,18,19). The van der Waals surface area contributed by atoms with E-state index in [9.17, 15) is 14.7 Å². The van der Waals surface area contributed by atoms with Crippen LogP contribution in [0, 0.1) is 11.3 Å². The number of nitrogens with one attached hydrogen (secondary N) is 2. The second-order valence-electron chi connectivity index (χ2n) is 6.62. The van der Waals surface area contributed by atoms with E-state index in [0.717, 1.165) is 19.4 Å². The van der Waals surface area contributed by atoms with E-state index in [2.05, 4.69) is 17.6 Å². The van der Waals surface area contributed by atoms with Gasteiger partial charge in [0.15, 0.2) is 0 Å². The van der Waals surface area contributed by atoms with E-state index in [0.29, 0.717) is 6.04 Å². The monoisotopic (exact) mass is 270 g/mol. The molecule has 1 saturated heterocycles. The zero-order chi connectivity index (χ0) is 14.8. The first-order chi connectivity index (χ1) is 8.58. The molecule has 1 amide bonds. The van der Waals surface area contributed by atoms with Gasteiger partial charge in [-0.05, 0) is 54.0 Å². The van der Waals surface area contributed by atoms with Crippen molar-refractivity contribution < 1.29 is 14.7 Å². The predicted molar refractivity (Wildman–Crippen MR) is 73.8 cm³/mol. The lowest BCUT2D eigenvalue weighted by Crippen LogP contribution is -2.58. The van der Waals surface area contributed by atoms with Crippen LogP contribution in [-0.4, -0.2) is 35.1 Å². The quantitative estimate of drug-likeness (QED) is 0.721. The van der Waals surface area contributed by atoms with Gasteiger partial charge in [0.1, 0.15) is 0 Å². The van der Waals surface area contributed by atoms with Gasteiger partial charge in [0, 0.05) is 17.5 Å². The van der Waals surface area contributed by atoms with Gasteiger partial charge in [0.25, 0.3) is 0 Å². The molecule has 1 aliphatic rings. The van der Waals surface area contributed by atoms with Crippen molar-refractivity contribution in [1.29, 1.82) is 0 Å². The molecule has 0 spiro atoms. The van der Waals surface area contributed by atoms with Crippen LogP contribution in [0.2, 0.25) is 0 Å². The van der Waals surface area contributed by atoms with Gasteiger partial charge in [-0.1, -0.05) is 0 Å². The SMILES string of the molecule is CC1CC(C(=O)NC(C)(C)C(C)(C)C(=O)O)CCN1. The number of amides is 1. The molecule has 0 radical (unpaired) electrons. The van der Waals surface area contributed by atoms with E-state index in [1.165, 1.54) is 0 Å². The van der Waals surface area contributed by atoms with Gasteiger partial charge in [-0.25, -0.2) is 0 Å². The number of carbonyl (C=O) groups excluding carboxylic acids is 1. The van der Waals surface area contributed by atoms with E-state index in [1.54, 1.807) is 27.7 Å². The van der Waals surface area contributed by atoms with E-state index < -0.39 is 16.9 Å².